The van der Waals surface area contributed by atoms with Crippen molar-refractivity contribution >= 4 is 53.9 Å². The van der Waals surface area contributed by atoms with Crippen molar-refractivity contribution in [2.75, 3.05) is 30.9 Å². The van der Waals surface area contributed by atoms with Crippen molar-refractivity contribution < 1.29 is 24.0 Å². The molecule has 1 aliphatic rings. The van der Waals surface area contributed by atoms with Crippen molar-refractivity contribution in [2.24, 2.45) is 11.7 Å². The molecule has 1 saturated heterocycles. The second-order valence-corrected chi connectivity index (χ2v) is 9.42. The largest absolute Gasteiger partial charge is 0.368 e. The van der Waals surface area contributed by atoms with E-state index in [0.717, 1.165) is 0 Å². The van der Waals surface area contributed by atoms with Crippen molar-refractivity contribution in [3.05, 3.63) is 0 Å². The normalized spacial score (nSPS) is 17.5. The molecule has 0 aromatic rings. The van der Waals surface area contributed by atoms with Crippen molar-refractivity contribution in [3.8, 4) is 0 Å². The summed E-state index contributed by atoms with van der Waals surface area (Å²) < 4.78 is 0. The maximum Gasteiger partial charge on any atom is 0.243 e. The first-order chi connectivity index (χ1) is 15.1. The van der Waals surface area contributed by atoms with Gasteiger partial charge in [-0.05, 0) is 43.6 Å². The van der Waals surface area contributed by atoms with Crippen LogP contribution in [0.5, 0.6) is 0 Å². The summed E-state index contributed by atoms with van der Waals surface area (Å²) in [6.07, 6.45) is 3.84. The van der Waals surface area contributed by atoms with E-state index in [1.807, 2.05) is 20.1 Å². The van der Waals surface area contributed by atoms with Crippen LogP contribution in [0.25, 0.3) is 0 Å². The maximum atomic E-state index is 12.8. The molecular formula is C20H35N5O5S2. The zero-order valence-corrected chi connectivity index (χ0v) is 20.6. The molecule has 0 aromatic heterocycles. The Labute approximate surface area is 199 Å². The van der Waals surface area contributed by atoms with Gasteiger partial charge in [0.15, 0.2) is 0 Å². The van der Waals surface area contributed by atoms with Gasteiger partial charge >= 0.3 is 0 Å². The summed E-state index contributed by atoms with van der Waals surface area (Å²) in [6.45, 7) is 3.94. The van der Waals surface area contributed by atoms with Gasteiger partial charge in [-0.2, -0.15) is 24.4 Å². The highest BCUT2D eigenvalue weighted by molar-refractivity contribution is 7.98. The third kappa shape index (κ3) is 9.27. The fraction of sp³-hybridized carbons (Fsp3) is 0.750. The molecule has 0 saturated carbocycles. The van der Waals surface area contributed by atoms with E-state index in [1.54, 1.807) is 0 Å². The van der Waals surface area contributed by atoms with Gasteiger partial charge in [-0.25, -0.2) is 0 Å². The lowest BCUT2D eigenvalue weighted by Crippen LogP contribution is -2.55. The molecule has 0 bridgehead atoms. The van der Waals surface area contributed by atoms with E-state index in [-0.39, 0.29) is 24.1 Å². The lowest BCUT2D eigenvalue weighted by molar-refractivity contribution is -0.138. The number of nitrogens with zero attached hydrogens (tertiary/aromatic N) is 1. The minimum atomic E-state index is -0.870. The lowest BCUT2D eigenvalue weighted by Gasteiger charge is -2.25. The van der Waals surface area contributed by atoms with E-state index in [1.165, 1.54) is 16.7 Å². The Kier molecular flexibility index (Phi) is 12.5. The van der Waals surface area contributed by atoms with Gasteiger partial charge in [-0.1, -0.05) is 13.8 Å². The van der Waals surface area contributed by atoms with Gasteiger partial charge in [-0.3, -0.25) is 24.0 Å². The lowest BCUT2D eigenvalue weighted by atomic mass is 10.0. The van der Waals surface area contributed by atoms with E-state index in [4.69, 9.17) is 5.73 Å². The molecule has 0 unspecified atom stereocenters. The smallest absolute Gasteiger partial charge is 0.243 e. The Balaban J connectivity index is 2.77. The van der Waals surface area contributed by atoms with Gasteiger partial charge in [0.2, 0.25) is 29.5 Å². The quantitative estimate of drug-likeness (QED) is 0.215. The predicted octanol–water partition coefficient (Wildman–Crippen LogP) is -0.722. The van der Waals surface area contributed by atoms with Gasteiger partial charge in [0, 0.05) is 6.54 Å². The average molecular weight is 490 g/mol. The molecule has 10 nitrogen and oxygen atoms in total. The molecule has 1 aliphatic heterocycles. The topological polar surface area (TPSA) is 151 Å². The molecular weight excluding hydrogens is 454 g/mol. The van der Waals surface area contributed by atoms with Crippen LogP contribution in [-0.4, -0.2) is 83.4 Å². The predicted molar refractivity (Wildman–Crippen MR) is 127 cm³/mol. The first-order valence-corrected chi connectivity index (χ1v) is 12.7. The zero-order chi connectivity index (χ0) is 24.3. The summed E-state index contributed by atoms with van der Waals surface area (Å²) in [4.78, 5) is 62.7. The second-order valence-electron chi connectivity index (χ2n) is 8.12. The van der Waals surface area contributed by atoms with Crippen LogP contribution in [0.1, 0.15) is 39.5 Å². The van der Waals surface area contributed by atoms with Gasteiger partial charge in [0.25, 0.3) is 0 Å². The molecule has 182 valence electrons. The van der Waals surface area contributed by atoms with E-state index >= 15 is 0 Å². The zero-order valence-electron chi connectivity index (χ0n) is 18.9. The molecule has 12 heteroatoms. The molecule has 1 heterocycles. The maximum absolute atomic E-state index is 12.8. The van der Waals surface area contributed by atoms with Crippen LogP contribution in [0.15, 0.2) is 0 Å². The number of primary amides is 1. The number of rotatable bonds is 13. The van der Waals surface area contributed by atoms with Crippen LogP contribution >= 0.6 is 24.4 Å². The summed E-state index contributed by atoms with van der Waals surface area (Å²) >= 11 is 5.46. The monoisotopic (exact) mass is 489 g/mol. The summed E-state index contributed by atoms with van der Waals surface area (Å²) in [5.41, 5.74) is 5.34. The molecule has 1 rings (SSSR count). The summed E-state index contributed by atoms with van der Waals surface area (Å²) in [7, 11) is 0. The minimum absolute atomic E-state index is 0.0517. The van der Waals surface area contributed by atoms with E-state index in [2.05, 4.69) is 28.6 Å². The first-order valence-electron chi connectivity index (χ1n) is 10.7. The second kappa shape index (κ2) is 14.2. The number of hydrogen-bond acceptors (Lipinski definition) is 7. The molecule has 1 fully saturated rings. The molecule has 32 heavy (non-hydrogen) atoms. The van der Waals surface area contributed by atoms with Crippen molar-refractivity contribution in [1.82, 2.24) is 20.9 Å². The SMILES string of the molecule is CSCC[C@H](NC(=O)CS)C(=O)N[C@@H](CC(C)C)C(=O)NCC(=O)N1CCC[C@H]1C(N)=O. The van der Waals surface area contributed by atoms with Crippen LogP contribution < -0.4 is 21.7 Å². The Morgan fingerprint density at radius 2 is 1.81 bits per heavy atom. The highest BCUT2D eigenvalue weighted by Crippen LogP contribution is 2.16. The highest BCUT2D eigenvalue weighted by atomic mass is 32.2. The average Bonchev–Trinajstić information content (AvgIpc) is 3.24. The Morgan fingerprint density at radius 3 is 2.38 bits per heavy atom. The number of thiol groups is 1. The highest BCUT2D eigenvalue weighted by Gasteiger charge is 2.33. The van der Waals surface area contributed by atoms with E-state index in [9.17, 15) is 24.0 Å². The fourth-order valence-electron chi connectivity index (χ4n) is 3.47. The molecule has 3 atom stereocenters. The van der Waals surface area contributed by atoms with Gasteiger partial charge in [-0.15, -0.1) is 0 Å². The molecule has 5 N–H and O–H groups in total. The van der Waals surface area contributed by atoms with Crippen LogP contribution in [0.2, 0.25) is 0 Å². The molecule has 0 radical (unpaired) electrons. The number of carbonyl (C=O) groups is 5. The van der Waals surface area contributed by atoms with Crippen molar-refractivity contribution in [2.45, 2.75) is 57.7 Å². The summed E-state index contributed by atoms with van der Waals surface area (Å²) in [5.74, 6) is -1.61. The van der Waals surface area contributed by atoms with Crippen LogP contribution in [0.3, 0.4) is 0 Å². The van der Waals surface area contributed by atoms with Gasteiger partial charge in [0.1, 0.15) is 18.1 Å². The van der Waals surface area contributed by atoms with Crippen LogP contribution in [0.4, 0.5) is 0 Å². The Morgan fingerprint density at radius 1 is 1.12 bits per heavy atom. The molecule has 5 amide bonds. The Hall–Kier alpha value is -1.95. The Bertz CT molecular complexity index is 691. The van der Waals surface area contributed by atoms with Crippen LogP contribution in [0, 0.1) is 5.92 Å². The molecule has 0 spiro atoms. The standard InChI is InChI=1S/C20H35N5O5S2/c1-12(2)9-14(24-20(30)13(6-8-32-3)23-16(26)11-31)19(29)22-10-17(27)25-7-4-5-15(25)18(21)28/h12-15,31H,4-11H2,1-3H3,(H2,21,28)(H,22,29)(H,23,26)(H,24,30)/t13-,14-,15-/m0/s1. The third-order valence-electron chi connectivity index (χ3n) is 5.06. The number of nitrogens with two attached hydrogens (primary N) is 1. The van der Waals surface area contributed by atoms with Gasteiger partial charge in [0.05, 0.1) is 12.3 Å². The number of amides is 5. The molecule has 0 aromatic carbocycles. The number of likely N-dealkylation sites (tertiary alicyclic amines) is 1. The number of nitrogens with one attached hydrogen (secondary N) is 3. The first kappa shape index (κ1) is 28.1. The van der Waals surface area contributed by atoms with Crippen molar-refractivity contribution in [1.29, 1.82) is 0 Å². The van der Waals surface area contributed by atoms with Crippen molar-refractivity contribution in [3.63, 3.8) is 0 Å². The number of carbonyl (C=O) groups excluding carboxylic acids is 5. The van der Waals surface area contributed by atoms with E-state index < -0.39 is 41.8 Å². The number of hydrogen-bond donors (Lipinski definition) is 5. The number of thioether (sulfide) groups is 1. The van der Waals surface area contributed by atoms with E-state index in [0.29, 0.717) is 38.0 Å². The van der Waals surface area contributed by atoms with Crippen LogP contribution in [-0.2, 0) is 24.0 Å². The minimum Gasteiger partial charge on any atom is -0.368 e. The third-order valence-corrected chi connectivity index (χ3v) is 5.99. The molecule has 0 aliphatic carbocycles. The summed E-state index contributed by atoms with van der Waals surface area (Å²) in [6, 6.07) is -2.31. The van der Waals surface area contributed by atoms with Gasteiger partial charge < -0.3 is 26.6 Å². The fourth-order valence-corrected chi connectivity index (χ4v) is 4.03. The summed E-state index contributed by atoms with van der Waals surface area (Å²) in [5, 5.41) is 7.90.